The molecule has 1 aromatic carbocycles. The molecule has 0 bridgehead atoms. The Morgan fingerprint density at radius 3 is 2.62 bits per heavy atom. The molecule has 16 heavy (non-hydrogen) atoms. The third kappa shape index (κ3) is 3.23. The normalized spacial score (nSPS) is 10.6. The van der Waals surface area contributed by atoms with Crippen molar-refractivity contribution in [2.45, 2.75) is 20.8 Å². The molecule has 0 heterocycles. The summed E-state index contributed by atoms with van der Waals surface area (Å²) in [5, 5.41) is 9.01. The van der Waals surface area contributed by atoms with Gasteiger partial charge in [-0.15, -0.1) is 0 Å². The number of carboxylic acids is 1. The molecule has 0 unspecified atom stereocenters. The molecule has 0 atom stereocenters. The highest BCUT2D eigenvalue weighted by atomic mass is 79.9. The third-order valence-corrected chi connectivity index (χ3v) is 3.09. The maximum Gasteiger partial charge on any atom is 0.336 e. The van der Waals surface area contributed by atoms with Crippen molar-refractivity contribution in [1.82, 2.24) is 0 Å². The molecule has 0 radical (unpaired) electrons. The van der Waals surface area contributed by atoms with E-state index in [1.165, 1.54) is 0 Å². The Morgan fingerprint density at radius 2 is 2.12 bits per heavy atom. The van der Waals surface area contributed by atoms with Crippen molar-refractivity contribution in [2.75, 3.05) is 6.61 Å². The highest BCUT2D eigenvalue weighted by molar-refractivity contribution is 9.10. The molecule has 0 spiro atoms. The Labute approximate surface area is 104 Å². The third-order valence-electron chi connectivity index (χ3n) is 2.04. The van der Waals surface area contributed by atoms with E-state index in [-0.39, 0.29) is 5.56 Å². The summed E-state index contributed by atoms with van der Waals surface area (Å²) in [6, 6.07) is 3.38. The monoisotopic (exact) mass is 286 g/mol. The molecule has 1 rings (SSSR count). The van der Waals surface area contributed by atoms with Gasteiger partial charge in [-0.25, -0.2) is 4.79 Å². The minimum absolute atomic E-state index is 0.235. The summed E-state index contributed by atoms with van der Waals surface area (Å²) >= 11 is 3.26. The summed E-state index contributed by atoms with van der Waals surface area (Å²) in [5.74, 6) is 0.0639. The van der Waals surface area contributed by atoms with E-state index in [0.29, 0.717) is 22.7 Å². The molecule has 0 aromatic heterocycles. The lowest BCUT2D eigenvalue weighted by molar-refractivity contribution is 0.0695. The van der Waals surface area contributed by atoms with Crippen LogP contribution in [0.1, 0.15) is 29.8 Å². The van der Waals surface area contributed by atoms with Crippen LogP contribution in [0.25, 0.3) is 0 Å². The zero-order valence-corrected chi connectivity index (χ0v) is 11.2. The summed E-state index contributed by atoms with van der Waals surface area (Å²) in [6.07, 6.45) is 0. The van der Waals surface area contributed by atoms with Crippen LogP contribution in [0.5, 0.6) is 5.75 Å². The zero-order chi connectivity index (χ0) is 12.3. The number of aryl methyl sites for hydroxylation is 1. The smallest absolute Gasteiger partial charge is 0.336 e. The topological polar surface area (TPSA) is 46.5 Å². The van der Waals surface area contributed by atoms with Crippen molar-refractivity contribution in [3.8, 4) is 5.75 Å². The Hall–Kier alpha value is -1.03. The number of halogens is 1. The molecule has 1 aromatic rings. The Kier molecular flexibility index (Phi) is 4.35. The van der Waals surface area contributed by atoms with Crippen LogP contribution >= 0.6 is 15.9 Å². The Balaban J connectivity index is 3.00. The number of rotatable bonds is 4. The van der Waals surface area contributed by atoms with Gasteiger partial charge in [-0.1, -0.05) is 13.8 Å². The largest absolute Gasteiger partial charge is 0.493 e. The van der Waals surface area contributed by atoms with E-state index in [9.17, 15) is 4.79 Å². The number of benzene rings is 1. The summed E-state index contributed by atoms with van der Waals surface area (Å²) in [4.78, 5) is 11.0. The lowest BCUT2D eigenvalue weighted by Gasteiger charge is -2.11. The van der Waals surface area contributed by atoms with Crippen LogP contribution in [0.15, 0.2) is 16.6 Å². The van der Waals surface area contributed by atoms with Gasteiger partial charge in [0.1, 0.15) is 5.75 Å². The summed E-state index contributed by atoms with van der Waals surface area (Å²) in [6.45, 7) is 6.52. The molecule has 0 aliphatic rings. The van der Waals surface area contributed by atoms with E-state index < -0.39 is 5.97 Å². The lowest BCUT2D eigenvalue weighted by Crippen LogP contribution is -2.06. The van der Waals surface area contributed by atoms with E-state index in [0.717, 1.165) is 5.56 Å². The molecular formula is C12H15BrO3. The van der Waals surface area contributed by atoms with Crippen molar-refractivity contribution in [3.05, 3.63) is 27.7 Å². The van der Waals surface area contributed by atoms with Gasteiger partial charge >= 0.3 is 5.97 Å². The van der Waals surface area contributed by atoms with Crippen LogP contribution in [-0.4, -0.2) is 17.7 Å². The standard InChI is InChI=1S/C12H15BrO3/c1-7(2)6-16-9-4-8(3)11(13)10(5-9)12(14)15/h4-5,7H,6H2,1-3H3,(H,14,15). The minimum Gasteiger partial charge on any atom is -0.493 e. The van der Waals surface area contributed by atoms with Crippen LogP contribution < -0.4 is 4.74 Å². The first-order chi connectivity index (χ1) is 7.41. The van der Waals surface area contributed by atoms with Gasteiger partial charge in [-0.3, -0.25) is 0 Å². The average Bonchev–Trinajstić information content (AvgIpc) is 2.19. The number of aromatic carboxylic acids is 1. The van der Waals surface area contributed by atoms with Gasteiger partial charge in [-0.2, -0.15) is 0 Å². The molecule has 0 saturated heterocycles. The molecule has 4 heteroatoms. The fourth-order valence-electron chi connectivity index (χ4n) is 1.24. The van der Waals surface area contributed by atoms with Crippen molar-refractivity contribution in [3.63, 3.8) is 0 Å². The zero-order valence-electron chi connectivity index (χ0n) is 9.58. The van der Waals surface area contributed by atoms with Gasteiger partial charge in [-0.05, 0) is 46.5 Å². The van der Waals surface area contributed by atoms with Gasteiger partial charge in [0.15, 0.2) is 0 Å². The maximum atomic E-state index is 11.0. The number of hydrogen-bond acceptors (Lipinski definition) is 2. The SMILES string of the molecule is Cc1cc(OCC(C)C)cc(C(=O)O)c1Br. The van der Waals surface area contributed by atoms with E-state index >= 15 is 0 Å². The fourth-order valence-corrected chi connectivity index (χ4v) is 1.64. The molecule has 0 fully saturated rings. The maximum absolute atomic E-state index is 11.0. The van der Waals surface area contributed by atoms with Gasteiger partial charge in [0, 0.05) is 4.47 Å². The summed E-state index contributed by atoms with van der Waals surface area (Å²) in [5.41, 5.74) is 1.09. The molecule has 0 aliphatic heterocycles. The van der Waals surface area contributed by atoms with Crippen molar-refractivity contribution in [2.24, 2.45) is 5.92 Å². The highest BCUT2D eigenvalue weighted by Gasteiger charge is 2.12. The van der Waals surface area contributed by atoms with Crippen molar-refractivity contribution < 1.29 is 14.6 Å². The summed E-state index contributed by atoms with van der Waals surface area (Å²) < 4.78 is 6.12. The number of carboxylic acid groups (broad SMARTS) is 1. The quantitative estimate of drug-likeness (QED) is 0.922. The number of hydrogen-bond donors (Lipinski definition) is 1. The van der Waals surface area contributed by atoms with E-state index in [4.69, 9.17) is 9.84 Å². The first-order valence-electron chi connectivity index (χ1n) is 5.08. The Bertz CT molecular complexity index is 399. The molecule has 0 saturated carbocycles. The van der Waals surface area contributed by atoms with E-state index in [1.807, 2.05) is 26.8 Å². The van der Waals surface area contributed by atoms with Crippen molar-refractivity contribution in [1.29, 1.82) is 0 Å². The molecule has 1 N–H and O–H groups in total. The van der Waals surface area contributed by atoms with Gasteiger partial charge in [0.25, 0.3) is 0 Å². The van der Waals surface area contributed by atoms with Crippen LogP contribution in [0.4, 0.5) is 0 Å². The molecule has 0 aliphatic carbocycles. The molecule has 0 amide bonds. The van der Waals surface area contributed by atoms with Crippen LogP contribution in [0.3, 0.4) is 0 Å². The van der Waals surface area contributed by atoms with Gasteiger partial charge in [0.05, 0.1) is 12.2 Å². The molecule has 88 valence electrons. The predicted molar refractivity (Wildman–Crippen MR) is 66.2 cm³/mol. The van der Waals surface area contributed by atoms with Gasteiger partial charge in [0.2, 0.25) is 0 Å². The molecule has 3 nitrogen and oxygen atoms in total. The van der Waals surface area contributed by atoms with E-state index in [1.54, 1.807) is 6.07 Å². The summed E-state index contributed by atoms with van der Waals surface area (Å²) in [7, 11) is 0. The number of carbonyl (C=O) groups is 1. The van der Waals surface area contributed by atoms with E-state index in [2.05, 4.69) is 15.9 Å². The second-order valence-corrected chi connectivity index (χ2v) is 4.90. The van der Waals surface area contributed by atoms with Gasteiger partial charge < -0.3 is 9.84 Å². The predicted octanol–water partition coefficient (Wildman–Crippen LogP) is 3.49. The lowest BCUT2D eigenvalue weighted by atomic mass is 10.1. The first-order valence-corrected chi connectivity index (χ1v) is 5.87. The highest BCUT2D eigenvalue weighted by Crippen LogP contribution is 2.27. The number of ether oxygens (including phenoxy) is 1. The fraction of sp³-hybridized carbons (Fsp3) is 0.417. The second-order valence-electron chi connectivity index (χ2n) is 4.11. The van der Waals surface area contributed by atoms with Crippen LogP contribution in [0, 0.1) is 12.8 Å². The Morgan fingerprint density at radius 1 is 1.50 bits per heavy atom. The minimum atomic E-state index is -0.954. The van der Waals surface area contributed by atoms with Crippen molar-refractivity contribution >= 4 is 21.9 Å². The molecular weight excluding hydrogens is 272 g/mol. The second kappa shape index (κ2) is 5.34. The van der Waals surface area contributed by atoms with Crippen LogP contribution in [0.2, 0.25) is 0 Å². The first kappa shape index (κ1) is 13.0. The van der Waals surface area contributed by atoms with Crippen LogP contribution in [-0.2, 0) is 0 Å². The average molecular weight is 287 g/mol.